The summed E-state index contributed by atoms with van der Waals surface area (Å²) in [4.78, 5) is 29.1. The number of carbonyl (C=O) groups is 1. The lowest BCUT2D eigenvalue weighted by Crippen LogP contribution is -2.40. The normalized spacial score (nSPS) is 15.7. The van der Waals surface area contributed by atoms with Crippen LogP contribution in [-0.4, -0.2) is 43.4 Å². The van der Waals surface area contributed by atoms with Crippen molar-refractivity contribution in [1.29, 1.82) is 0 Å². The highest BCUT2D eigenvalue weighted by molar-refractivity contribution is 5.95. The van der Waals surface area contributed by atoms with Gasteiger partial charge >= 0.3 is 0 Å². The topological polar surface area (TPSA) is 73.1 Å². The van der Waals surface area contributed by atoms with Gasteiger partial charge in [0.15, 0.2) is 0 Å². The summed E-state index contributed by atoms with van der Waals surface area (Å²) >= 11 is 0. The monoisotopic (exact) mass is 467 g/mol. The summed E-state index contributed by atoms with van der Waals surface area (Å²) in [6.07, 6.45) is 7.27. The Morgan fingerprint density at radius 3 is 2.74 bits per heavy atom. The number of aromatic nitrogens is 4. The minimum absolute atomic E-state index is 0.0504. The maximum atomic E-state index is 13.6. The van der Waals surface area contributed by atoms with E-state index in [1.54, 1.807) is 12.5 Å². The molecule has 178 valence electrons. The molecule has 4 aromatic rings. The zero-order valence-corrected chi connectivity index (χ0v) is 20.1. The number of carbonyl (C=O) groups excluding carboxylic acids is 1. The lowest BCUT2D eigenvalue weighted by Gasteiger charge is -2.32. The van der Waals surface area contributed by atoms with E-state index < -0.39 is 0 Å². The van der Waals surface area contributed by atoms with Gasteiger partial charge in [0, 0.05) is 55.3 Å². The third-order valence-corrected chi connectivity index (χ3v) is 6.39. The number of ether oxygens (including phenoxy) is 1. The Balaban J connectivity index is 1.35. The number of nitrogens with zero attached hydrogens (tertiary/aromatic N) is 5. The molecule has 3 heterocycles. The maximum absolute atomic E-state index is 13.6. The fourth-order valence-corrected chi connectivity index (χ4v) is 4.57. The fourth-order valence-electron chi connectivity index (χ4n) is 4.57. The zero-order valence-electron chi connectivity index (χ0n) is 20.1. The molecule has 0 N–H and O–H groups in total. The third kappa shape index (κ3) is 5.24. The summed E-state index contributed by atoms with van der Waals surface area (Å²) in [6, 6.07) is 17.6. The van der Waals surface area contributed by atoms with Crippen LogP contribution in [0.15, 0.2) is 73.3 Å². The summed E-state index contributed by atoms with van der Waals surface area (Å²) in [6.45, 7) is 5.89. The predicted molar refractivity (Wildman–Crippen MR) is 134 cm³/mol. The molecule has 2 aromatic heterocycles. The van der Waals surface area contributed by atoms with Gasteiger partial charge in [-0.05, 0) is 49.9 Å². The molecule has 0 unspecified atom stereocenters. The van der Waals surface area contributed by atoms with E-state index >= 15 is 0 Å². The summed E-state index contributed by atoms with van der Waals surface area (Å²) < 4.78 is 8.07. The second-order valence-corrected chi connectivity index (χ2v) is 9.06. The number of aryl methyl sites for hydroxylation is 2. The minimum atomic E-state index is 0.0504. The van der Waals surface area contributed by atoms with Gasteiger partial charge in [-0.1, -0.05) is 36.4 Å². The Labute approximate surface area is 205 Å². The van der Waals surface area contributed by atoms with Crippen LogP contribution in [0, 0.1) is 13.8 Å². The van der Waals surface area contributed by atoms with Crippen molar-refractivity contribution >= 4 is 5.91 Å². The number of para-hydroxylation sites is 1. The molecule has 1 fully saturated rings. The van der Waals surface area contributed by atoms with Crippen LogP contribution in [-0.2, 0) is 6.54 Å². The largest absolute Gasteiger partial charge is 0.439 e. The first kappa shape index (κ1) is 22.8. The van der Waals surface area contributed by atoms with Crippen molar-refractivity contribution in [2.45, 2.75) is 39.2 Å². The molecule has 2 aromatic carbocycles. The van der Waals surface area contributed by atoms with Gasteiger partial charge in [0.25, 0.3) is 5.91 Å². The smallest absolute Gasteiger partial charge is 0.254 e. The second kappa shape index (κ2) is 10.1. The molecule has 0 bridgehead atoms. The number of piperidine rings is 1. The average molecular weight is 468 g/mol. The van der Waals surface area contributed by atoms with Crippen LogP contribution in [0.5, 0.6) is 11.6 Å². The van der Waals surface area contributed by atoms with Gasteiger partial charge in [0.1, 0.15) is 11.6 Å². The SMILES string of the molecule is Cc1cc(Oc2ccccc2C)nc([C@H]2CCCN(C(=O)c3ccccc3Cn3ccnc3)C2)n1. The molecule has 1 aliphatic rings. The van der Waals surface area contributed by atoms with Crippen LogP contribution in [0.1, 0.15) is 51.8 Å². The Bertz CT molecular complexity index is 1320. The maximum Gasteiger partial charge on any atom is 0.254 e. The first-order valence-electron chi connectivity index (χ1n) is 12.0. The molecule has 1 saturated heterocycles. The molecule has 0 saturated carbocycles. The van der Waals surface area contributed by atoms with E-state index in [9.17, 15) is 4.79 Å². The number of likely N-dealkylation sites (tertiary alicyclic amines) is 1. The minimum Gasteiger partial charge on any atom is -0.439 e. The van der Waals surface area contributed by atoms with Crippen LogP contribution in [0.3, 0.4) is 0 Å². The molecule has 0 spiro atoms. The lowest BCUT2D eigenvalue weighted by atomic mass is 9.95. The van der Waals surface area contributed by atoms with E-state index in [1.807, 2.05) is 84.1 Å². The summed E-state index contributed by atoms with van der Waals surface area (Å²) in [5.41, 5.74) is 3.62. The van der Waals surface area contributed by atoms with E-state index in [-0.39, 0.29) is 11.8 Å². The van der Waals surface area contributed by atoms with Crippen molar-refractivity contribution in [2.75, 3.05) is 13.1 Å². The number of hydrogen-bond donors (Lipinski definition) is 0. The van der Waals surface area contributed by atoms with E-state index in [2.05, 4.69) is 4.98 Å². The fraction of sp³-hybridized carbons (Fsp3) is 0.286. The van der Waals surface area contributed by atoms with E-state index in [0.717, 1.165) is 53.3 Å². The van der Waals surface area contributed by atoms with E-state index in [4.69, 9.17) is 14.7 Å². The van der Waals surface area contributed by atoms with Crippen LogP contribution >= 0.6 is 0 Å². The number of imidazole rings is 1. The van der Waals surface area contributed by atoms with Gasteiger partial charge in [0.05, 0.1) is 6.33 Å². The molecular formula is C28H29N5O2. The van der Waals surface area contributed by atoms with Crippen molar-refractivity contribution in [3.05, 3.63) is 102 Å². The Morgan fingerprint density at radius 2 is 1.91 bits per heavy atom. The van der Waals surface area contributed by atoms with Gasteiger partial charge < -0.3 is 14.2 Å². The van der Waals surface area contributed by atoms with Gasteiger partial charge in [-0.15, -0.1) is 0 Å². The molecule has 0 radical (unpaired) electrons. The van der Waals surface area contributed by atoms with Gasteiger partial charge in [-0.25, -0.2) is 9.97 Å². The van der Waals surface area contributed by atoms with Crippen molar-refractivity contribution in [3.8, 4) is 11.6 Å². The molecular weight excluding hydrogens is 438 g/mol. The molecule has 0 aliphatic carbocycles. The third-order valence-electron chi connectivity index (χ3n) is 6.39. The highest BCUT2D eigenvalue weighted by atomic mass is 16.5. The Hall–Kier alpha value is -4.00. The first-order chi connectivity index (χ1) is 17.1. The molecule has 1 aliphatic heterocycles. The molecule has 7 heteroatoms. The molecule has 5 rings (SSSR count). The van der Waals surface area contributed by atoms with Crippen molar-refractivity contribution in [3.63, 3.8) is 0 Å². The predicted octanol–water partition coefficient (Wildman–Crippen LogP) is 5.15. The van der Waals surface area contributed by atoms with Crippen LogP contribution < -0.4 is 4.74 Å². The van der Waals surface area contributed by atoms with Gasteiger partial charge in [-0.3, -0.25) is 4.79 Å². The quantitative estimate of drug-likeness (QED) is 0.392. The van der Waals surface area contributed by atoms with Crippen LogP contribution in [0.4, 0.5) is 0 Å². The lowest BCUT2D eigenvalue weighted by molar-refractivity contribution is 0.0703. The van der Waals surface area contributed by atoms with Crippen LogP contribution in [0.25, 0.3) is 0 Å². The second-order valence-electron chi connectivity index (χ2n) is 9.06. The molecule has 7 nitrogen and oxygen atoms in total. The standard InChI is InChI=1S/C28H29N5O2/c1-20-8-3-6-12-25(20)35-26-16-21(2)30-27(31-26)23-10-7-14-33(18-23)28(34)24-11-5-4-9-22(24)17-32-15-13-29-19-32/h3-6,8-9,11-13,15-16,19,23H,7,10,14,17-18H2,1-2H3/t23-/m0/s1. The molecule has 1 amide bonds. The first-order valence-corrected chi connectivity index (χ1v) is 12.0. The molecule has 1 atom stereocenters. The Morgan fingerprint density at radius 1 is 1.09 bits per heavy atom. The highest BCUT2D eigenvalue weighted by Gasteiger charge is 2.28. The molecule has 35 heavy (non-hydrogen) atoms. The highest BCUT2D eigenvalue weighted by Crippen LogP contribution is 2.29. The van der Waals surface area contributed by atoms with Crippen LogP contribution in [0.2, 0.25) is 0 Å². The van der Waals surface area contributed by atoms with Crippen molar-refractivity contribution < 1.29 is 9.53 Å². The summed E-state index contributed by atoms with van der Waals surface area (Å²) in [5.74, 6) is 2.17. The van der Waals surface area contributed by atoms with Gasteiger partial charge in [0.2, 0.25) is 5.88 Å². The van der Waals surface area contributed by atoms with Crippen molar-refractivity contribution in [1.82, 2.24) is 24.4 Å². The Kier molecular flexibility index (Phi) is 6.57. The number of amides is 1. The summed E-state index contributed by atoms with van der Waals surface area (Å²) in [7, 11) is 0. The van der Waals surface area contributed by atoms with Crippen molar-refractivity contribution in [2.24, 2.45) is 0 Å². The summed E-state index contributed by atoms with van der Waals surface area (Å²) in [5, 5.41) is 0. The van der Waals surface area contributed by atoms with E-state index in [1.165, 1.54) is 0 Å². The van der Waals surface area contributed by atoms with E-state index in [0.29, 0.717) is 19.0 Å². The zero-order chi connectivity index (χ0) is 24.2. The number of hydrogen-bond acceptors (Lipinski definition) is 5. The average Bonchev–Trinajstić information content (AvgIpc) is 3.38. The van der Waals surface area contributed by atoms with Gasteiger partial charge in [-0.2, -0.15) is 4.98 Å². The number of rotatable bonds is 6. The number of benzene rings is 2.